The van der Waals surface area contributed by atoms with E-state index in [2.05, 4.69) is 15.3 Å². The molecule has 0 aliphatic rings. The lowest BCUT2D eigenvalue weighted by atomic mass is 10.2. The number of H-pyrrole nitrogens is 1. The van der Waals surface area contributed by atoms with Crippen LogP contribution in [0.5, 0.6) is 0 Å². The van der Waals surface area contributed by atoms with Gasteiger partial charge in [0.25, 0.3) is 0 Å². The molecule has 0 saturated carbocycles. The van der Waals surface area contributed by atoms with Crippen molar-refractivity contribution in [2.24, 2.45) is 0 Å². The Hall–Kier alpha value is -2.80. The molecule has 0 spiro atoms. The number of thioether (sulfide) groups is 1. The van der Waals surface area contributed by atoms with E-state index in [1.54, 1.807) is 12.1 Å². The molecule has 122 valence electrons. The molecule has 0 atom stereocenters. The van der Waals surface area contributed by atoms with Gasteiger partial charge >= 0.3 is 5.97 Å². The number of hydrogen-bond acceptors (Lipinski definition) is 4. The topological polar surface area (TPSA) is 95.1 Å². The van der Waals surface area contributed by atoms with Crippen LogP contribution in [0.15, 0.2) is 48.5 Å². The zero-order valence-electron chi connectivity index (χ0n) is 12.7. The van der Waals surface area contributed by atoms with Gasteiger partial charge in [-0.3, -0.25) is 9.59 Å². The predicted molar refractivity (Wildman–Crippen MR) is 95.1 cm³/mol. The fourth-order valence-corrected chi connectivity index (χ4v) is 2.76. The van der Waals surface area contributed by atoms with E-state index in [0.29, 0.717) is 5.69 Å². The predicted octanol–water partition coefficient (Wildman–Crippen LogP) is 2.99. The summed E-state index contributed by atoms with van der Waals surface area (Å²) in [5.41, 5.74) is 3.46. The largest absolute Gasteiger partial charge is 0.481 e. The Kier molecular flexibility index (Phi) is 4.81. The number of aliphatic carboxylic acids is 1. The third-order valence-corrected chi connectivity index (χ3v) is 4.21. The van der Waals surface area contributed by atoms with Crippen molar-refractivity contribution in [1.82, 2.24) is 9.97 Å². The highest BCUT2D eigenvalue weighted by molar-refractivity contribution is 8.00. The molecule has 1 aromatic heterocycles. The van der Waals surface area contributed by atoms with Crippen molar-refractivity contribution in [2.75, 3.05) is 16.8 Å². The number of carbonyl (C=O) groups is 2. The Morgan fingerprint density at radius 1 is 1.08 bits per heavy atom. The number of carboxylic acids is 1. The van der Waals surface area contributed by atoms with E-state index in [9.17, 15) is 9.59 Å². The van der Waals surface area contributed by atoms with Gasteiger partial charge in [0.1, 0.15) is 5.82 Å². The van der Waals surface area contributed by atoms with Crippen molar-refractivity contribution in [3.05, 3.63) is 48.5 Å². The molecule has 0 aliphatic heterocycles. The number of hydrogen-bond donors (Lipinski definition) is 3. The quantitative estimate of drug-likeness (QED) is 0.641. The lowest BCUT2D eigenvalue weighted by Gasteiger charge is -2.05. The molecule has 1 amide bonds. The van der Waals surface area contributed by atoms with E-state index in [-0.39, 0.29) is 17.4 Å². The van der Waals surface area contributed by atoms with E-state index in [4.69, 9.17) is 5.11 Å². The molecule has 0 fully saturated rings. The lowest BCUT2D eigenvalue weighted by molar-refractivity contribution is -0.133. The molecule has 1 heterocycles. The summed E-state index contributed by atoms with van der Waals surface area (Å²) in [6.45, 7) is 0. The van der Waals surface area contributed by atoms with E-state index >= 15 is 0 Å². The number of aromatic nitrogens is 2. The van der Waals surface area contributed by atoms with Gasteiger partial charge in [0, 0.05) is 11.3 Å². The summed E-state index contributed by atoms with van der Waals surface area (Å²) in [6, 6.07) is 15.1. The maximum atomic E-state index is 11.7. The van der Waals surface area contributed by atoms with Crippen LogP contribution in [0.3, 0.4) is 0 Å². The van der Waals surface area contributed by atoms with Crippen LogP contribution in [0.25, 0.3) is 22.4 Å². The minimum atomic E-state index is -0.928. The first-order chi connectivity index (χ1) is 11.6. The second-order valence-electron chi connectivity index (χ2n) is 5.11. The van der Waals surface area contributed by atoms with Crippen LogP contribution in [0, 0.1) is 0 Å². The molecular weight excluding hydrogens is 326 g/mol. The molecule has 0 aliphatic carbocycles. The molecule has 6 nitrogen and oxygen atoms in total. The van der Waals surface area contributed by atoms with Crippen molar-refractivity contribution in [2.45, 2.75) is 0 Å². The molecule has 0 saturated heterocycles. The number of amides is 1. The Balaban J connectivity index is 1.64. The normalized spacial score (nSPS) is 10.7. The van der Waals surface area contributed by atoms with E-state index in [1.165, 1.54) is 0 Å². The summed E-state index contributed by atoms with van der Waals surface area (Å²) in [5, 5.41) is 11.3. The van der Waals surface area contributed by atoms with Gasteiger partial charge in [-0.05, 0) is 36.4 Å². The third-order valence-electron chi connectivity index (χ3n) is 3.29. The minimum Gasteiger partial charge on any atom is -0.481 e. The SMILES string of the molecule is O=C(O)CSCC(=O)Nc1ccc(-c2nc3ccccc3[nH]2)cc1. The molecule has 3 aromatic rings. The first kappa shape index (κ1) is 16.1. The lowest BCUT2D eigenvalue weighted by Crippen LogP contribution is -2.15. The van der Waals surface area contributed by atoms with Gasteiger partial charge in [-0.1, -0.05) is 12.1 Å². The third kappa shape index (κ3) is 3.94. The number of rotatable bonds is 6. The highest BCUT2D eigenvalue weighted by Crippen LogP contribution is 2.22. The molecule has 0 radical (unpaired) electrons. The minimum absolute atomic E-state index is 0.0849. The molecule has 2 aromatic carbocycles. The number of anilines is 1. The van der Waals surface area contributed by atoms with Crippen LogP contribution < -0.4 is 5.32 Å². The summed E-state index contributed by atoms with van der Waals surface area (Å²) in [5.74, 6) is -0.359. The van der Waals surface area contributed by atoms with E-state index < -0.39 is 5.97 Å². The molecule has 24 heavy (non-hydrogen) atoms. The molecule has 0 bridgehead atoms. The van der Waals surface area contributed by atoms with Crippen molar-refractivity contribution in [3.8, 4) is 11.4 Å². The van der Waals surface area contributed by atoms with Crippen molar-refractivity contribution < 1.29 is 14.7 Å². The standard InChI is InChI=1S/C17H15N3O3S/c21-15(9-24-10-16(22)23)18-12-7-5-11(6-8-12)17-19-13-3-1-2-4-14(13)20-17/h1-8H,9-10H2,(H,18,21)(H,19,20)(H,22,23). The number of carbonyl (C=O) groups excluding carboxylic acids is 1. The van der Waals surface area contributed by atoms with Crippen LogP contribution in [-0.2, 0) is 9.59 Å². The molecular formula is C17H15N3O3S. The first-order valence-electron chi connectivity index (χ1n) is 7.26. The van der Waals surface area contributed by atoms with Gasteiger partial charge < -0.3 is 15.4 Å². The number of aromatic amines is 1. The number of nitrogens with one attached hydrogen (secondary N) is 2. The smallest absolute Gasteiger partial charge is 0.313 e. The van der Waals surface area contributed by atoms with Crippen molar-refractivity contribution >= 4 is 40.4 Å². The van der Waals surface area contributed by atoms with E-state index in [0.717, 1.165) is 34.2 Å². The van der Waals surface area contributed by atoms with Gasteiger partial charge in [0.05, 0.1) is 22.5 Å². The first-order valence-corrected chi connectivity index (χ1v) is 8.42. The Morgan fingerprint density at radius 2 is 1.83 bits per heavy atom. The zero-order chi connectivity index (χ0) is 16.9. The Morgan fingerprint density at radius 3 is 2.54 bits per heavy atom. The highest BCUT2D eigenvalue weighted by Gasteiger charge is 2.07. The van der Waals surface area contributed by atoms with Gasteiger partial charge in [-0.15, -0.1) is 11.8 Å². The second-order valence-corrected chi connectivity index (χ2v) is 6.10. The molecule has 7 heteroatoms. The number of fused-ring (bicyclic) bond motifs is 1. The summed E-state index contributed by atoms with van der Waals surface area (Å²) >= 11 is 1.06. The summed E-state index contributed by atoms with van der Waals surface area (Å²) in [6.07, 6.45) is 0. The van der Waals surface area contributed by atoms with Gasteiger partial charge in [-0.25, -0.2) is 4.98 Å². The fraction of sp³-hybridized carbons (Fsp3) is 0.118. The highest BCUT2D eigenvalue weighted by atomic mass is 32.2. The number of imidazole rings is 1. The van der Waals surface area contributed by atoms with Gasteiger partial charge in [-0.2, -0.15) is 0 Å². The monoisotopic (exact) mass is 341 g/mol. The fourth-order valence-electron chi connectivity index (χ4n) is 2.23. The molecule has 3 rings (SSSR count). The number of para-hydroxylation sites is 2. The van der Waals surface area contributed by atoms with Crippen LogP contribution in [0.2, 0.25) is 0 Å². The van der Waals surface area contributed by atoms with Crippen molar-refractivity contribution in [1.29, 1.82) is 0 Å². The second kappa shape index (κ2) is 7.18. The maximum absolute atomic E-state index is 11.7. The summed E-state index contributed by atoms with van der Waals surface area (Å²) in [7, 11) is 0. The maximum Gasteiger partial charge on any atom is 0.313 e. The average Bonchev–Trinajstić information content (AvgIpc) is 2.99. The Labute approximate surface area is 142 Å². The average molecular weight is 341 g/mol. The molecule has 0 unspecified atom stereocenters. The van der Waals surface area contributed by atoms with Gasteiger partial charge in [0.15, 0.2) is 0 Å². The van der Waals surface area contributed by atoms with Crippen LogP contribution in [-0.4, -0.2) is 38.5 Å². The summed E-state index contributed by atoms with van der Waals surface area (Å²) < 4.78 is 0. The van der Waals surface area contributed by atoms with Gasteiger partial charge in [0.2, 0.25) is 5.91 Å². The van der Waals surface area contributed by atoms with E-state index in [1.807, 2.05) is 36.4 Å². The molecule has 3 N–H and O–H groups in total. The van der Waals surface area contributed by atoms with Crippen molar-refractivity contribution in [3.63, 3.8) is 0 Å². The Bertz CT molecular complexity index is 841. The zero-order valence-corrected chi connectivity index (χ0v) is 13.5. The van der Waals surface area contributed by atoms with Crippen LogP contribution in [0.4, 0.5) is 5.69 Å². The summed E-state index contributed by atoms with van der Waals surface area (Å²) in [4.78, 5) is 29.9. The number of carboxylic acid groups (broad SMARTS) is 1. The van der Waals surface area contributed by atoms with Crippen LogP contribution in [0.1, 0.15) is 0 Å². The number of nitrogens with zero attached hydrogens (tertiary/aromatic N) is 1. The number of benzene rings is 2. The van der Waals surface area contributed by atoms with Crippen LogP contribution >= 0.6 is 11.8 Å².